The Kier molecular flexibility index (Phi) is 1.21. The summed E-state index contributed by atoms with van der Waals surface area (Å²) in [6.45, 7) is 0. The maximum Gasteiger partial charge on any atom is 0.0450 e. The molecule has 2 aromatic rings. The zero-order valence-electron chi connectivity index (χ0n) is 5.36. The molecular weight excluding hydrogens is 142 g/mol. The van der Waals surface area contributed by atoms with Crippen LogP contribution in [0.3, 0.4) is 0 Å². The number of thiol groups is 1. The van der Waals surface area contributed by atoms with Crippen molar-refractivity contribution in [3.05, 3.63) is 36.7 Å². The van der Waals surface area contributed by atoms with E-state index in [1.807, 2.05) is 35.0 Å². The Balaban J connectivity index is 2.86. The van der Waals surface area contributed by atoms with E-state index in [0.29, 0.717) is 0 Å². The van der Waals surface area contributed by atoms with Gasteiger partial charge in [-0.05, 0) is 24.3 Å². The van der Waals surface area contributed by atoms with Crippen molar-refractivity contribution < 1.29 is 0 Å². The fraction of sp³-hybridized carbons (Fsp3) is 0. The topological polar surface area (TPSA) is 4.41 Å². The minimum atomic E-state index is 0.990. The Morgan fingerprint density at radius 3 is 3.00 bits per heavy atom. The molecule has 0 bridgehead atoms. The molecule has 0 amide bonds. The minimum Gasteiger partial charge on any atom is -0.323 e. The molecule has 0 aliphatic rings. The lowest BCUT2D eigenvalue weighted by Gasteiger charge is -1.93. The number of hydrogen-bond acceptors (Lipinski definition) is 1. The predicted octanol–water partition coefficient (Wildman–Crippen LogP) is 2.23. The highest BCUT2D eigenvalue weighted by atomic mass is 32.1. The summed E-state index contributed by atoms with van der Waals surface area (Å²) in [4.78, 5) is 0.990. The summed E-state index contributed by atoms with van der Waals surface area (Å²) in [5.41, 5.74) is 1.21. The van der Waals surface area contributed by atoms with Crippen LogP contribution in [-0.4, -0.2) is 4.40 Å². The summed E-state index contributed by atoms with van der Waals surface area (Å²) in [5, 5.41) is 0. The zero-order chi connectivity index (χ0) is 6.97. The molecule has 0 atom stereocenters. The van der Waals surface area contributed by atoms with Crippen LogP contribution in [0.5, 0.6) is 0 Å². The second-order valence-corrected chi connectivity index (χ2v) is 2.74. The van der Waals surface area contributed by atoms with E-state index >= 15 is 0 Å². The van der Waals surface area contributed by atoms with E-state index in [9.17, 15) is 0 Å². The van der Waals surface area contributed by atoms with Crippen molar-refractivity contribution in [2.24, 2.45) is 0 Å². The number of aromatic nitrogens is 1. The van der Waals surface area contributed by atoms with Crippen LogP contribution in [0.1, 0.15) is 0 Å². The third-order valence-corrected chi connectivity index (χ3v) is 1.77. The maximum absolute atomic E-state index is 4.21. The first kappa shape index (κ1) is 5.86. The molecule has 0 N–H and O–H groups in total. The van der Waals surface area contributed by atoms with Crippen LogP contribution in [0.4, 0.5) is 0 Å². The highest BCUT2D eigenvalue weighted by molar-refractivity contribution is 7.80. The SMILES string of the molecule is Sc1ccc2cccn2c1. The summed E-state index contributed by atoms with van der Waals surface area (Å²) in [6, 6.07) is 8.11. The van der Waals surface area contributed by atoms with Gasteiger partial charge < -0.3 is 4.40 Å². The van der Waals surface area contributed by atoms with Crippen LogP contribution in [0.2, 0.25) is 0 Å². The maximum atomic E-state index is 4.21. The van der Waals surface area contributed by atoms with Gasteiger partial charge in [0.1, 0.15) is 0 Å². The molecule has 0 fully saturated rings. The van der Waals surface area contributed by atoms with E-state index in [0.717, 1.165) is 4.90 Å². The van der Waals surface area contributed by atoms with E-state index in [4.69, 9.17) is 0 Å². The molecule has 2 heteroatoms. The monoisotopic (exact) mass is 149 g/mol. The quantitative estimate of drug-likeness (QED) is 0.548. The van der Waals surface area contributed by atoms with Crippen molar-refractivity contribution in [3.8, 4) is 0 Å². The third kappa shape index (κ3) is 0.809. The number of pyridine rings is 1. The number of fused-ring (bicyclic) bond motifs is 1. The normalized spacial score (nSPS) is 10.5. The summed E-state index contributed by atoms with van der Waals surface area (Å²) in [6.07, 6.45) is 3.99. The Hall–Kier alpha value is -0.890. The van der Waals surface area contributed by atoms with E-state index in [2.05, 4.69) is 18.7 Å². The first-order valence-corrected chi connectivity index (χ1v) is 3.57. The van der Waals surface area contributed by atoms with Crippen LogP contribution < -0.4 is 0 Å². The van der Waals surface area contributed by atoms with Crippen molar-refractivity contribution in [2.75, 3.05) is 0 Å². The van der Waals surface area contributed by atoms with Gasteiger partial charge in [0.25, 0.3) is 0 Å². The molecular formula is C8H7NS. The second-order valence-electron chi connectivity index (χ2n) is 2.23. The molecule has 0 unspecified atom stereocenters. The molecule has 0 aliphatic carbocycles. The molecule has 10 heavy (non-hydrogen) atoms. The van der Waals surface area contributed by atoms with Gasteiger partial charge in [-0.1, -0.05) is 0 Å². The van der Waals surface area contributed by atoms with Gasteiger partial charge in [0.15, 0.2) is 0 Å². The Morgan fingerprint density at radius 2 is 2.10 bits per heavy atom. The Labute approximate surface area is 64.7 Å². The molecule has 2 aromatic heterocycles. The second kappa shape index (κ2) is 2.06. The van der Waals surface area contributed by atoms with Crippen molar-refractivity contribution in [2.45, 2.75) is 4.90 Å². The zero-order valence-corrected chi connectivity index (χ0v) is 6.25. The number of nitrogens with zero attached hydrogens (tertiary/aromatic N) is 1. The van der Waals surface area contributed by atoms with Gasteiger partial charge in [-0.2, -0.15) is 0 Å². The van der Waals surface area contributed by atoms with Crippen LogP contribution in [-0.2, 0) is 0 Å². The number of hydrogen-bond donors (Lipinski definition) is 1. The fourth-order valence-corrected chi connectivity index (χ4v) is 1.22. The lowest BCUT2D eigenvalue weighted by molar-refractivity contribution is 1.15. The van der Waals surface area contributed by atoms with Crippen molar-refractivity contribution >= 4 is 18.1 Å². The molecule has 0 saturated carbocycles. The van der Waals surface area contributed by atoms with Gasteiger partial charge in [-0.3, -0.25) is 0 Å². The first-order chi connectivity index (χ1) is 4.86. The van der Waals surface area contributed by atoms with Gasteiger partial charge in [0.05, 0.1) is 0 Å². The minimum absolute atomic E-state index is 0.990. The molecule has 2 rings (SSSR count). The predicted molar refractivity (Wildman–Crippen MR) is 44.6 cm³/mol. The molecule has 0 radical (unpaired) electrons. The smallest absolute Gasteiger partial charge is 0.0450 e. The molecule has 2 heterocycles. The van der Waals surface area contributed by atoms with E-state index < -0.39 is 0 Å². The van der Waals surface area contributed by atoms with E-state index in [-0.39, 0.29) is 0 Å². The lowest BCUT2D eigenvalue weighted by atomic mass is 10.4. The molecule has 1 nitrogen and oxygen atoms in total. The van der Waals surface area contributed by atoms with Gasteiger partial charge in [0, 0.05) is 22.8 Å². The summed E-state index contributed by atoms with van der Waals surface area (Å²) in [5.74, 6) is 0. The largest absolute Gasteiger partial charge is 0.323 e. The van der Waals surface area contributed by atoms with E-state index in [1.54, 1.807) is 0 Å². The number of rotatable bonds is 0. The van der Waals surface area contributed by atoms with Gasteiger partial charge in [-0.15, -0.1) is 12.6 Å². The molecule has 0 aromatic carbocycles. The third-order valence-electron chi connectivity index (χ3n) is 1.51. The lowest BCUT2D eigenvalue weighted by Crippen LogP contribution is -1.78. The van der Waals surface area contributed by atoms with E-state index in [1.165, 1.54) is 5.52 Å². The molecule has 0 aliphatic heterocycles. The fourth-order valence-electron chi connectivity index (χ4n) is 1.02. The molecule has 0 saturated heterocycles. The van der Waals surface area contributed by atoms with Gasteiger partial charge in [0.2, 0.25) is 0 Å². The highest BCUT2D eigenvalue weighted by Crippen LogP contribution is 2.09. The Morgan fingerprint density at radius 1 is 1.20 bits per heavy atom. The van der Waals surface area contributed by atoms with Gasteiger partial charge in [-0.25, -0.2) is 0 Å². The molecule has 50 valence electrons. The van der Waals surface area contributed by atoms with Crippen LogP contribution in [0.15, 0.2) is 41.6 Å². The summed E-state index contributed by atoms with van der Waals surface area (Å²) in [7, 11) is 0. The van der Waals surface area contributed by atoms with Crippen LogP contribution in [0.25, 0.3) is 5.52 Å². The van der Waals surface area contributed by atoms with Gasteiger partial charge >= 0.3 is 0 Å². The average molecular weight is 149 g/mol. The molecule has 0 spiro atoms. The summed E-state index contributed by atoms with van der Waals surface area (Å²) >= 11 is 4.21. The first-order valence-electron chi connectivity index (χ1n) is 3.12. The van der Waals surface area contributed by atoms with Crippen LogP contribution in [0, 0.1) is 0 Å². The summed E-state index contributed by atoms with van der Waals surface area (Å²) < 4.78 is 2.04. The van der Waals surface area contributed by atoms with Crippen molar-refractivity contribution in [1.82, 2.24) is 4.40 Å². The highest BCUT2D eigenvalue weighted by Gasteiger charge is 1.89. The standard InChI is InChI=1S/C8H7NS/c10-8-4-3-7-2-1-5-9(7)6-8/h1-6,10H. The van der Waals surface area contributed by atoms with Crippen molar-refractivity contribution in [3.63, 3.8) is 0 Å². The Bertz CT molecular complexity index is 351. The van der Waals surface area contributed by atoms with Crippen LogP contribution >= 0.6 is 12.6 Å². The van der Waals surface area contributed by atoms with Crippen molar-refractivity contribution in [1.29, 1.82) is 0 Å². The average Bonchev–Trinajstić information content (AvgIpc) is 2.33.